The molecule has 3 aromatic rings. The lowest BCUT2D eigenvalue weighted by Gasteiger charge is -2.18. The van der Waals surface area contributed by atoms with Crippen LogP contribution in [0.1, 0.15) is 67.0 Å². The number of nitrogens with one attached hydrogen (secondary N) is 1. The van der Waals surface area contributed by atoms with Crippen LogP contribution in [0.4, 0.5) is 0 Å². The number of aromatic nitrogens is 3. The molecule has 0 saturated heterocycles. The lowest BCUT2D eigenvalue weighted by Crippen LogP contribution is -2.28. The van der Waals surface area contributed by atoms with Crippen molar-refractivity contribution in [2.75, 3.05) is 6.26 Å². The van der Waals surface area contributed by atoms with Gasteiger partial charge in [0.25, 0.3) is 5.91 Å². The van der Waals surface area contributed by atoms with E-state index in [1.54, 1.807) is 36.5 Å². The van der Waals surface area contributed by atoms with Crippen LogP contribution in [-0.4, -0.2) is 35.1 Å². The van der Waals surface area contributed by atoms with Gasteiger partial charge in [-0.15, -0.1) is 0 Å². The highest BCUT2D eigenvalue weighted by Crippen LogP contribution is 2.31. The van der Waals surface area contributed by atoms with Crippen LogP contribution in [0.2, 0.25) is 0 Å². The van der Waals surface area contributed by atoms with Crippen molar-refractivity contribution in [2.45, 2.75) is 56.0 Å². The van der Waals surface area contributed by atoms with E-state index in [1.807, 2.05) is 13.3 Å². The number of sulfone groups is 1. The molecule has 2 aromatic heterocycles. The molecule has 1 aliphatic carbocycles. The molecular weight excluding hydrogens is 400 g/mol. The molecule has 8 heteroatoms. The first kappa shape index (κ1) is 20.5. The van der Waals surface area contributed by atoms with E-state index < -0.39 is 9.84 Å². The first-order chi connectivity index (χ1) is 14.4. The molecule has 1 fully saturated rings. The van der Waals surface area contributed by atoms with Gasteiger partial charge in [-0.2, -0.15) is 0 Å². The number of benzene rings is 1. The number of nitrogens with zero attached hydrogens (tertiary/aromatic N) is 3. The zero-order valence-corrected chi connectivity index (χ0v) is 18.0. The number of hydrogen-bond donors (Lipinski definition) is 1. The Hall–Kier alpha value is -2.74. The minimum absolute atomic E-state index is 0.223. The van der Waals surface area contributed by atoms with Crippen LogP contribution in [0, 0.1) is 0 Å². The third-order valence-electron chi connectivity index (χ3n) is 5.82. The Morgan fingerprint density at radius 3 is 2.53 bits per heavy atom. The van der Waals surface area contributed by atoms with Crippen molar-refractivity contribution >= 4 is 26.9 Å². The molecule has 1 amide bonds. The number of rotatable bonds is 6. The van der Waals surface area contributed by atoms with Crippen molar-refractivity contribution in [3.8, 4) is 0 Å². The van der Waals surface area contributed by atoms with Gasteiger partial charge in [0.05, 0.1) is 22.8 Å². The van der Waals surface area contributed by atoms with E-state index in [0.717, 1.165) is 29.6 Å². The van der Waals surface area contributed by atoms with Crippen LogP contribution in [0.15, 0.2) is 47.8 Å². The molecule has 4 rings (SSSR count). The number of pyridine rings is 1. The number of carbonyl (C=O) groups excluding carboxylic acids is 1. The van der Waals surface area contributed by atoms with E-state index in [0.29, 0.717) is 18.0 Å². The van der Waals surface area contributed by atoms with Crippen LogP contribution >= 0.6 is 0 Å². The highest BCUT2D eigenvalue weighted by Gasteiger charge is 2.21. The average Bonchev–Trinajstić information content (AvgIpc) is 3.40. The summed E-state index contributed by atoms with van der Waals surface area (Å²) in [7, 11) is -3.25. The highest BCUT2D eigenvalue weighted by atomic mass is 32.2. The number of imidazole rings is 1. The van der Waals surface area contributed by atoms with E-state index >= 15 is 0 Å². The maximum Gasteiger partial charge on any atom is 0.253 e. The lowest BCUT2D eigenvalue weighted by atomic mass is 10.0. The van der Waals surface area contributed by atoms with Crippen LogP contribution in [0.5, 0.6) is 0 Å². The van der Waals surface area contributed by atoms with Gasteiger partial charge in [-0.1, -0.05) is 31.9 Å². The standard InChI is InChI=1S/C22H26N4O3S/c1-3-19(15-8-10-18(11-9-15)30(2,28)29)25-22(27)16-12-20-21(23-13-16)26(14-24-20)17-6-4-5-7-17/h8-14,17,19H,3-7H2,1-2H3,(H,25,27). The Bertz CT molecular complexity index is 1160. The maximum absolute atomic E-state index is 12.8. The summed E-state index contributed by atoms with van der Waals surface area (Å²) >= 11 is 0. The second-order valence-corrected chi connectivity index (χ2v) is 9.95. The van der Waals surface area contributed by atoms with Crippen molar-refractivity contribution in [2.24, 2.45) is 0 Å². The topological polar surface area (TPSA) is 93.9 Å². The summed E-state index contributed by atoms with van der Waals surface area (Å²) in [6.07, 6.45) is 10.0. The molecule has 1 saturated carbocycles. The number of carbonyl (C=O) groups is 1. The van der Waals surface area contributed by atoms with Crippen LogP contribution in [0.25, 0.3) is 11.2 Å². The summed E-state index contributed by atoms with van der Waals surface area (Å²) in [5, 5.41) is 3.02. The van der Waals surface area contributed by atoms with E-state index in [1.165, 1.54) is 19.1 Å². The van der Waals surface area contributed by atoms with Crippen molar-refractivity contribution < 1.29 is 13.2 Å². The van der Waals surface area contributed by atoms with Gasteiger partial charge in [0, 0.05) is 18.5 Å². The molecule has 2 heterocycles. The summed E-state index contributed by atoms with van der Waals surface area (Å²) in [5.41, 5.74) is 2.87. The number of amides is 1. The van der Waals surface area contributed by atoms with Gasteiger partial charge in [0.2, 0.25) is 0 Å². The molecule has 7 nitrogen and oxygen atoms in total. The summed E-state index contributed by atoms with van der Waals surface area (Å²) < 4.78 is 25.4. The SMILES string of the molecule is CCC(NC(=O)c1cnc2c(c1)ncn2C1CCCC1)c1ccc(S(C)(=O)=O)cc1. The third-order valence-corrected chi connectivity index (χ3v) is 6.95. The van der Waals surface area contributed by atoms with Crippen LogP contribution in [-0.2, 0) is 9.84 Å². The summed E-state index contributed by atoms with van der Waals surface area (Å²) in [4.78, 5) is 22.1. The van der Waals surface area contributed by atoms with Crippen molar-refractivity contribution in [3.05, 3.63) is 54.0 Å². The fourth-order valence-corrected chi connectivity index (χ4v) is 4.73. The van der Waals surface area contributed by atoms with Gasteiger partial charge in [0.15, 0.2) is 15.5 Å². The van der Waals surface area contributed by atoms with Gasteiger partial charge >= 0.3 is 0 Å². The largest absolute Gasteiger partial charge is 0.345 e. The maximum atomic E-state index is 12.8. The summed E-state index contributed by atoms with van der Waals surface area (Å²) in [6, 6.07) is 8.64. The number of hydrogen-bond acceptors (Lipinski definition) is 5. The molecule has 1 N–H and O–H groups in total. The van der Waals surface area contributed by atoms with Crippen molar-refractivity contribution in [3.63, 3.8) is 0 Å². The van der Waals surface area contributed by atoms with Gasteiger partial charge in [-0.3, -0.25) is 4.79 Å². The minimum atomic E-state index is -3.25. The zero-order valence-electron chi connectivity index (χ0n) is 17.2. The predicted octanol–water partition coefficient (Wildman–Crippen LogP) is 3.83. The molecule has 1 unspecified atom stereocenters. The Kier molecular flexibility index (Phi) is 5.60. The van der Waals surface area contributed by atoms with Gasteiger partial charge < -0.3 is 9.88 Å². The van der Waals surface area contributed by atoms with Gasteiger partial charge in [-0.25, -0.2) is 18.4 Å². The van der Waals surface area contributed by atoms with Gasteiger partial charge in [-0.05, 0) is 43.0 Å². The molecule has 1 aromatic carbocycles. The second-order valence-electron chi connectivity index (χ2n) is 7.93. The van der Waals surface area contributed by atoms with E-state index in [4.69, 9.17) is 0 Å². The summed E-state index contributed by atoms with van der Waals surface area (Å²) in [5.74, 6) is -0.223. The van der Waals surface area contributed by atoms with Crippen LogP contribution < -0.4 is 5.32 Å². The van der Waals surface area contributed by atoms with Crippen molar-refractivity contribution in [1.82, 2.24) is 19.9 Å². The molecule has 30 heavy (non-hydrogen) atoms. The Balaban J connectivity index is 1.52. The smallest absolute Gasteiger partial charge is 0.253 e. The second kappa shape index (κ2) is 8.18. The molecule has 1 aliphatic rings. The first-order valence-electron chi connectivity index (χ1n) is 10.3. The Morgan fingerprint density at radius 1 is 1.20 bits per heavy atom. The fraction of sp³-hybridized carbons (Fsp3) is 0.409. The molecule has 0 spiro atoms. The molecule has 0 radical (unpaired) electrons. The Labute approximate surface area is 176 Å². The first-order valence-corrected chi connectivity index (χ1v) is 12.2. The van der Waals surface area contributed by atoms with E-state index in [2.05, 4.69) is 19.9 Å². The average molecular weight is 427 g/mol. The molecule has 0 bridgehead atoms. The lowest BCUT2D eigenvalue weighted by molar-refractivity contribution is 0.0935. The predicted molar refractivity (Wildman–Crippen MR) is 115 cm³/mol. The number of fused-ring (bicyclic) bond motifs is 1. The monoisotopic (exact) mass is 426 g/mol. The molecule has 158 valence electrons. The highest BCUT2D eigenvalue weighted by molar-refractivity contribution is 7.90. The van der Waals surface area contributed by atoms with E-state index in [-0.39, 0.29) is 16.8 Å². The van der Waals surface area contributed by atoms with Crippen molar-refractivity contribution in [1.29, 1.82) is 0 Å². The Morgan fingerprint density at radius 2 is 1.90 bits per heavy atom. The normalized spacial score (nSPS) is 16.1. The van der Waals surface area contributed by atoms with Gasteiger partial charge in [0.1, 0.15) is 5.52 Å². The minimum Gasteiger partial charge on any atom is -0.345 e. The third kappa shape index (κ3) is 4.09. The molecular formula is C22H26N4O3S. The summed E-state index contributed by atoms with van der Waals surface area (Å²) in [6.45, 7) is 1.97. The molecule has 1 atom stereocenters. The quantitative estimate of drug-likeness (QED) is 0.646. The van der Waals surface area contributed by atoms with Crippen LogP contribution in [0.3, 0.4) is 0 Å². The zero-order chi connectivity index (χ0) is 21.3. The van der Waals surface area contributed by atoms with E-state index in [9.17, 15) is 13.2 Å². The molecule has 0 aliphatic heterocycles. The fourth-order valence-electron chi connectivity index (χ4n) is 4.10.